The average molecular weight is 635 g/mol. The van der Waals surface area contributed by atoms with Gasteiger partial charge in [-0.25, -0.2) is 0 Å². The van der Waals surface area contributed by atoms with Crippen molar-refractivity contribution in [2.45, 2.75) is 31.8 Å². The van der Waals surface area contributed by atoms with Gasteiger partial charge in [-0.2, -0.15) is 5.10 Å². The molecule has 0 saturated carbocycles. The summed E-state index contributed by atoms with van der Waals surface area (Å²) in [5.41, 5.74) is 25.3. The van der Waals surface area contributed by atoms with Crippen molar-refractivity contribution < 1.29 is 4.42 Å². The number of aromatic amines is 3. The zero-order chi connectivity index (χ0) is 32.6. The molecule has 0 amide bonds. The molecule has 5 aromatic heterocycles. The van der Waals surface area contributed by atoms with E-state index in [0.717, 1.165) is 68.5 Å². The predicted molar refractivity (Wildman–Crippen MR) is 194 cm³/mol. The normalized spacial score (nSPS) is 13.1. The van der Waals surface area contributed by atoms with Gasteiger partial charge in [0.2, 0.25) is 0 Å². The van der Waals surface area contributed by atoms with Crippen LogP contribution in [0.25, 0.3) is 55.1 Å². The number of para-hydroxylation sites is 2. The first-order valence-corrected chi connectivity index (χ1v) is 16.3. The minimum absolute atomic E-state index is 0.147. The third-order valence-corrected chi connectivity index (χ3v) is 9.31. The van der Waals surface area contributed by atoms with E-state index in [1.54, 1.807) is 12.5 Å². The highest BCUT2D eigenvalue weighted by Gasteiger charge is 2.21. The topological polar surface area (TPSA) is 142 Å². The molecule has 5 heterocycles. The molecule has 0 aliphatic carbocycles. The van der Waals surface area contributed by atoms with Gasteiger partial charge in [-0.1, -0.05) is 42.5 Å². The number of aromatic nitrogens is 5. The first-order valence-electron chi connectivity index (χ1n) is 16.3. The zero-order valence-corrected chi connectivity index (χ0v) is 26.8. The summed E-state index contributed by atoms with van der Waals surface area (Å²) < 4.78 is 5.48. The number of aryl methyl sites for hydroxylation is 1. The number of hydrogen-bond donors (Lipinski definition) is 5. The molecule has 0 fully saturated rings. The average Bonchev–Trinajstić information content (AvgIpc) is 3.93. The molecule has 240 valence electrons. The maximum absolute atomic E-state index is 6.96. The van der Waals surface area contributed by atoms with Gasteiger partial charge in [-0.15, -0.1) is 0 Å². The Labute approximate surface area is 278 Å². The molecule has 3 aromatic carbocycles. The Kier molecular flexibility index (Phi) is 7.76. The minimum Gasteiger partial charge on any atom is -0.472 e. The van der Waals surface area contributed by atoms with E-state index >= 15 is 0 Å². The Morgan fingerprint density at radius 3 is 2.08 bits per heavy atom. The Balaban J connectivity index is 1.15. The van der Waals surface area contributed by atoms with Crippen molar-refractivity contribution in [2.75, 3.05) is 18.0 Å². The van der Waals surface area contributed by atoms with Gasteiger partial charge in [0.25, 0.3) is 0 Å². The lowest BCUT2D eigenvalue weighted by Gasteiger charge is -2.31. The first kappa shape index (κ1) is 29.7. The van der Waals surface area contributed by atoms with Crippen molar-refractivity contribution in [1.29, 1.82) is 0 Å². The Hall–Kier alpha value is -5.64. The molecule has 0 saturated heterocycles. The molecule has 0 spiro atoms. The van der Waals surface area contributed by atoms with Crippen LogP contribution < -0.4 is 16.4 Å². The fourth-order valence-corrected chi connectivity index (χ4v) is 6.93. The number of rotatable bonds is 11. The van der Waals surface area contributed by atoms with Gasteiger partial charge in [-0.3, -0.25) is 10.1 Å². The van der Waals surface area contributed by atoms with Crippen molar-refractivity contribution in [1.82, 2.24) is 25.1 Å². The summed E-state index contributed by atoms with van der Waals surface area (Å²) in [5, 5.41) is 11.0. The van der Waals surface area contributed by atoms with Crippen LogP contribution in [0, 0.1) is 6.92 Å². The van der Waals surface area contributed by atoms with Crippen molar-refractivity contribution in [3.8, 4) is 22.4 Å². The highest BCUT2D eigenvalue weighted by molar-refractivity contribution is 5.91. The number of hydrogen-bond acceptors (Lipinski definition) is 6. The predicted octanol–water partition coefficient (Wildman–Crippen LogP) is 7.10. The van der Waals surface area contributed by atoms with E-state index in [4.69, 9.17) is 20.9 Å². The molecule has 9 nitrogen and oxygen atoms in total. The number of pyridine rings is 1. The largest absolute Gasteiger partial charge is 0.472 e. The van der Waals surface area contributed by atoms with Crippen molar-refractivity contribution in [3.05, 3.63) is 127 Å². The Morgan fingerprint density at radius 2 is 1.44 bits per heavy atom. The maximum atomic E-state index is 6.96. The zero-order valence-electron chi connectivity index (χ0n) is 26.8. The summed E-state index contributed by atoms with van der Waals surface area (Å²) in [4.78, 5) is 14.1. The molecule has 7 N–H and O–H groups in total. The summed E-state index contributed by atoms with van der Waals surface area (Å²) in [7, 11) is 0. The van der Waals surface area contributed by atoms with Gasteiger partial charge >= 0.3 is 0 Å². The van der Waals surface area contributed by atoms with Crippen molar-refractivity contribution >= 4 is 38.4 Å². The quantitative estimate of drug-likeness (QED) is 0.103. The van der Waals surface area contributed by atoms with Crippen molar-refractivity contribution in [3.63, 3.8) is 0 Å². The Morgan fingerprint density at radius 1 is 0.771 bits per heavy atom. The monoisotopic (exact) mass is 634 g/mol. The summed E-state index contributed by atoms with van der Waals surface area (Å²) in [6, 6.07) is 26.9. The van der Waals surface area contributed by atoms with Gasteiger partial charge in [0.15, 0.2) is 0 Å². The molecular weight excluding hydrogens is 596 g/mol. The Bertz CT molecular complexity index is 2250. The third kappa shape index (κ3) is 5.74. The minimum atomic E-state index is -0.147. The van der Waals surface area contributed by atoms with E-state index in [2.05, 4.69) is 92.1 Å². The summed E-state index contributed by atoms with van der Waals surface area (Å²) in [6.45, 7) is 3.25. The van der Waals surface area contributed by atoms with Crippen LogP contribution in [0.4, 0.5) is 5.69 Å². The third-order valence-electron chi connectivity index (χ3n) is 9.31. The fraction of sp³-hybridized carbons (Fsp3) is 0.179. The van der Waals surface area contributed by atoms with Crippen LogP contribution in [-0.4, -0.2) is 50.3 Å². The SMILES string of the molecule is Cc1[nH]nc2ccc(-c3cc(N(C[C@H](N)Cc4c[nH]c5ccccc45)C[C@H](N)Cc4c[nH]c5ccccc45)cnc3-c3ccoc3)cc12. The van der Waals surface area contributed by atoms with E-state index in [-0.39, 0.29) is 12.1 Å². The van der Waals surface area contributed by atoms with Crippen LogP contribution in [0.2, 0.25) is 0 Å². The summed E-state index contributed by atoms with van der Waals surface area (Å²) >= 11 is 0. The molecule has 0 aliphatic rings. The van der Waals surface area contributed by atoms with Crippen LogP contribution in [0.5, 0.6) is 0 Å². The molecule has 0 radical (unpaired) electrons. The molecule has 0 aliphatic heterocycles. The molecule has 9 heteroatoms. The highest BCUT2D eigenvalue weighted by Crippen LogP contribution is 2.36. The molecule has 8 rings (SSSR count). The number of nitrogens with two attached hydrogens (primary N) is 2. The molecule has 48 heavy (non-hydrogen) atoms. The molecule has 2 atom stereocenters. The number of nitrogens with zero attached hydrogens (tertiary/aromatic N) is 3. The molecule has 0 unspecified atom stereocenters. The lowest BCUT2D eigenvalue weighted by atomic mass is 9.98. The van der Waals surface area contributed by atoms with Crippen LogP contribution >= 0.6 is 0 Å². The van der Waals surface area contributed by atoms with Crippen LogP contribution in [0.1, 0.15) is 16.8 Å². The molecule has 8 aromatic rings. The van der Waals surface area contributed by atoms with E-state index in [1.807, 2.05) is 37.4 Å². The van der Waals surface area contributed by atoms with Gasteiger partial charge < -0.3 is 30.8 Å². The number of fused-ring (bicyclic) bond motifs is 3. The molecule has 0 bridgehead atoms. The second kappa shape index (κ2) is 12.5. The van der Waals surface area contributed by atoms with E-state index in [9.17, 15) is 0 Å². The first-order chi connectivity index (χ1) is 23.5. The summed E-state index contributed by atoms with van der Waals surface area (Å²) in [6.07, 6.45) is 10.9. The number of H-pyrrole nitrogens is 3. The van der Waals surface area contributed by atoms with Gasteiger partial charge in [0, 0.05) is 81.6 Å². The number of furan rings is 1. The standard InChI is InChI=1S/C39H38N8O/c1-24-34-16-25(10-11-38(34)46-45-24)35-17-31(20-44-39(35)26-12-13-48-23-26)47(21-29(40)14-27-18-42-36-8-4-2-6-32(27)36)22-30(41)15-28-19-43-37-9-5-3-7-33(28)37/h2-13,16-20,23,29-30,42-43H,14-15,21-22,40-41H2,1H3,(H,45,46)/t29-,30-/m1/s1. The maximum Gasteiger partial charge on any atom is 0.0996 e. The number of benzene rings is 3. The molecular formula is C39H38N8O. The lowest BCUT2D eigenvalue weighted by Crippen LogP contribution is -2.45. The van der Waals surface area contributed by atoms with E-state index < -0.39 is 0 Å². The lowest BCUT2D eigenvalue weighted by molar-refractivity contribution is 0.568. The van der Waals surface area contributed by atoms with E-state index in [1.165, 1.54) is 21.9 Å². The fourth-order valence-electron chi connectivity index (χ4n) is 6.93. The second-order valence-corrected chi connectivity index (χ2v) is 12.7. The smallest absolute Gasteiger partial charge is 0.0996 e. The van der Waals surface area contributed by atoms with Gasteiger partial charge in [0.1, 0.15) is 0 Å². The number of anilines is 1. The summed E-state index contributed by atoms with van der Waals surface area (Å²) in [5.74, 6) is 0. The van der Waals surface area contributed by atoms with Crippen LogP contribution in [-0.2, 0) is 12.8 Å². The van der Waals surface area contributed by atoms with Gasteiger partial charge in [-0.05, 0) is 72.9 Å². The highest BCUT2D eigenvalue weighted by atomic mass is 16.3. The van der Waals surface area contributed by atoms with Gasteiger partial charge in [0.05, 0.1) is 35.6 Å². The second-order valence-electron chi connectivity index (χ2n) is 12.7. The van der Waals surface area contributed by atoms with Crippen LogP contribution in [0.3, 0.4) is 0 Å². The van der Waals surface area contributed by atoms with Crippen molar-refractivity contribution in [2.24, 2.45) is 11.5 Å². The number of nitrogens with one attached hydrogen (secondary N) is 3. The van der Waals surface area contributed by atoms with E-state index in [0.29, 0.717) is 13.1 Å². The van der Waals surface area contributed by atoms with Crippen LogP contribution in [0.15, 0.2) is 114 Å².